The maximum absolute atomic E-state index is 12.5. The lowest BCUT2D eigenvalue weighted by Gasteiger charge is -2.39. The van der Waals surface area contributed by atoms with Crippen LogP contribution in [0, 0.1) is 6.92 Å². The van der Waals surface area contributed by atoms with E-state index in [-0.39, 0.29) is 5.91 Å². The Bertz CT molecular complexity index is 476. The number of hydrogen-bond donors (Lipinski definition) is 1. The molecule has 1 atom stereocenters. The highest BCUT2D eigenvalue weighted by molar-refractivity contribution is 5.95. The van der Waals surface area contributed by atoms with Crippen LogP contribution >= 0.6 is 0 Å². The second-order valence-corrected chi connectivity index (χ2v) is 5.81. The van der Waals surface area contributed by atoms with Crippen molar-refractivity contribution in [2.24, 2.45) is 12.8 Å². The normalized spacial score (nSPS) is 18.0. The first-order valence-corrected chi connectivity index (χ1v) is 7.80. The predicted molar refractivity (Wildman–Crippen MR) is 83.2 cm³/mol. The van der Waals surface area contributed by atoms with E-state index in [2.05, 4.69) is 16.9 Å². The zero-order valence-electron chi connectivity index (χ0n) is 13.4. The predicted octanol–water partition coefficient (Wildman–Crippen LogP) is 0.614. The van der Waals surface area contributed by atoms with Gasteiger partial charge >= 0.3 is 0 Å². The zero-order chi connectivity index (χ0) is 15.4. The van der Waals surface area contributed by atoms with Crippen LogP contribution in [0.25, 0.3) is 0 Å². The van der Waals surface area contributed by atoms with Crippen LogP contribution in [-0.4, -0.2) is 64.3 Å². The number of rotatable bonds is 5. The van der Waals surface area contributed by atoms with Crippen LogP contribution in [0.2, 0.25) is 0 Å². The largest absolute Gasteiger partial charge is 0.336 e. The highest BCUT2D eigenvalue weighted by Gasteiger charge is 2.27. The van der Waals surface area contributed by atoms with E-state index in [1.165, 1.54) is 0 Å². The standard InChI is InChI=1S/C15H27N5O/c1-4-5-13(10-16)19-6-8-20(9-7-19)15(21)14-11-18(3)17-12(14)2/h11,13H,4-10,16H2,1-3H3. The quantitative estimate of drug-likeness (QED) is 0.864. The van der Waals surface area contributed by atoms with E-state index < -0.39 is 0 Å². The number of aromatic nitrogens is 2. The maximum atomic E-state index is 12.5. The van der Waals surface area contributed by atoms with Crippen LogP contribution in [0.1, 0.15) is 35.8 Å². The highest BCUT2D eigenvalue weighted by Crippen LogP contribution is 2.14. The monoisotopic (exact) mass is 293 g/mol. The van der Waals surface area contributed by atoms with E-state index in [4.69, 9.17) is 5.73 Å². The molecule has 1 saturated heterocycles. The van der Waals surface area contributed by atoms with Crippen molar-refractivity contribution in [3.63, 3.8) is 0 Å². The molecule has 118 valence electrons. The minimum Gasteiger partial charge on any atom is -0.336 e. The Morgan fingerprint density at radius 2 is 2.05 bits per heavy atom. The second-order valence-electron chi connectivity index (χ2n) is 5.81. The number of nitrogens with two attached hydrogens (primary N) is 1. The smallest absolute Gasteiger partial charge is 0.257 e. The molecule has 2 heterocycles. The van der Waals surface area contributed by atoms with E-state index in [9.17, 15) is 4.79 Å². The fraction of sp³-hybridized carbons (Fsp3) is 0.733. The summed E-state index contributed by atoms with van der Waals surface area (Å²) in [4.78, 5) is 16.9. The molecule has 1 aromatic heterocycles. The number of aryl methyl sites for hydroxylation is 2. The van der Waals surface area contributed by atoms with Crippen molar-refractivity contribution < 1.29 is 4.79 Å². The third kappa shape index (κ3) is 3.63. The molecular weight excluding hydrogens is 266 g/mol. The van der Waals surface area contributed by atoms with Crippen molar-refractivity contribution in [3.05, 3.63) is 17.5 Å². The summed E-state index contributed by atoms with van der Waals surface area (Å²) in [5.41, 5.74) is 7.38. The average Bonchev–Trinajstić information content (AvgIpc) is 2.83. The van der Waals surface area contributed by atoms with Crippen LogP contribution in [-0.2, 0) is 7.05 Å². The molecule has 1 unspecified atom stereocenters. The molecule has 0 saturated carbocycles. The SMILES string of the molecule is CCCC(CN)N1CCN(C(=O)c2cn(C)nc2C)CC1. The summed E-state index contributed by atoms with van der Waals surface area (Å²) in [6.07, 6.45) is 4.09. The van der Waals surface area contributed by atoms with Gasteiger partial charge in [-0.2, -0.15) is 5.10 Å². The Kier molecular flexibility index (Phi) is 5.36. The molecule has 1 fully saturated rings. The van der Waals surface area contributed by atoms with Gasteiger partial charge in [-0.3, -0.25) is 14.4 Å². The second kappa shape index (κ2) is 7.04. The minimum atomic E-state index is 0.0973. The lowest BCUT2D eigenvalue weighted by molar-refractivity contribution is 0.0565. The lowest BCUT2D eigenvalue weighted by atomic mass is 10.1. The number of piperazine rings is 1. The first-order valence-electron chi connectivity index (χ1n) is 7.80. The van der Waals surface area contributed by atoms with Gasteiger partial charge in [0.2, 0.25) is 0 Å². The molecule has 6 nitrogen and oxygen atoms in total. The molecule has 1 amide bonds. The van der Waals surface area contributed by atoms with Gasteiger partial charge in [0.15, 0.2) is 0 Å². The molecule has 1 aliphatic rings. The number of carbonyl (C=O) groups is 1. The molecule has 1 aliphatic heterocycles. The van der Waals surface area contributed by atoms with Gasteiger partial charge < -0.3 is 10.6 Å². The number of amides is 1. The topological polar surface area (TPSA) is 67.4 Å². The number of nitrogens with zero attached hydrogens (tertiary/aromatic N) is 4. The van der Waals surface area contributed by atoms with Crippen molar-refractivity contribution >= 4 is 5.91 Å². The molecule has 0 radical (unpaired) electrons. The van der Waals surface area contributed by atoms with Crippen molar-refractivity contribution in [1.29, 1.82) is 0 Å². The molecule has 0 bridgehead atoms. The molecular formula is C15H27N5O. The summed E-state index contributed by atoms with van der Waals surface area (Å²) in [5, 5.41) is 4.25. The van der Waals surface area contributed by atoms with Crippen molar-refractivity contribution in [2.75, 3.05) is 32.7 Å². The van der Waals surface area contributed by atoms with Gasteiger partial charge in [0, 0.05) is 52.0 Å². The van der Waals surface area contributed by atoms with E-state index in [1.807, 2.05) is 25.1 Å². The summed E-state index contributed by atoms with van der Waals surface area (Å²) < 4.78 is 1.70. The van der Waals surface area contributed by atoms with Crippen molar-refractivity contribution in [2.45, 2.75) is 32.7 Å². The highest BCUT2D eigenvalue weighted by atomic mass is 16.2. The van der Waals surface area contributed by atoms with E-state index in [0.29, 0.717) is 12.6 Å². The van der Waals surface area contributed by atoms with Crippen molar-refractivity contribution in [3.8, 4) is 0 Å². The Morgan fingerprint density at radius 3 is 2.52 bits per heavy atom. The first kappa shape index (κ1) is 16.0. The summed E-state index contributed by atoms with van der Waals surface area (Å²) in [6.45, 7) is 8.13. The van der Waals surface area contributed by atoms with Gasteiger partial charge in [0.1, 0.15) is 0 Å². The van der Waals surface area contributed by atoms with Gasteiger partial charge in [-0.1, -0.05) is 13.3 Å². The Hall–Kier alpha value is -1.40. The molecule has 0 aliphatic carbocycles. The minimum absolute atomic E-state index is 0.0973. The van der Waals surface area contributed by atoms with Gasteiger partial charge in [-0.05, 0) is 13.3 Å². The Morgan fingerprint density at radius 1 is 1.38 bits per heavy atom. The summed E-state index contributed by atoms with van der Waals surface area (Å²) >= 11 is 0. The molecule has 21 heavy (non-hydrogen) atoms. The molecule has 2 N–H and O–H groups in total. The molecule has 2 rings (SSSR count). The van der Waals surface area contributed by atoms with Gasteiger partial charge in [0.05, 0.1) is 11.3 Å². The summed E-state index contributed by atoms with van der Waals surface area (Å²) in [7, 11) is 1.85. The maximum Gasteiger partial charge on any atom is 0.257 e. The fourth-order valence-electron chi connectivity index (χ4n) is 3.05. The van der Waals surface area contributed by atoms with Crippen molar-refractivity contribution in [1.82, 2.24) is 19.6 Å². The Balaban J connectivity index is 1.94. The van der Waals surface area contributed by atoms with Gasteiger partial charge in [0.25, 0.3) is 5.91 Å². The van der Waals surface area contributed by atoms with Gasteiger partial charge in [-0.25, -0.2) is 0 Å². The molecule has 0 spiro atoms. The van der Waals surface area contributed by atoms with E-state index in [0.717, 1.165) is 50.3 Å². The fourth-order valence-corrected chi connectivity index (χ4v) is 3.05. The Labute approximate surface area is 126 Å². The van der Waals surface area contributed by atoms with E-state index in [1.54, 1.807) is 4.68 Å². The third-order valence-corrected chi connectivity index (χ3v) is 4.26. The van der Waals surface area contributed by atoms with Crippen LogP contribution in [0.5, 0.6) is 0 Å². The van der Waals surface area contributed by atoms with Crippen LogP contribution < -0.4 is 5.73 Å². The van der Waals surface area contributed by atoms with Crippen LogP contribution in [0.3, 0.4) is 0 Å². The molecule has 0 aromatic carbocycles. The van der Waals surface area contributed by atoms with Crippen LogP contribution in [0.4, 0.5) is 0 Å². The summed E-state index contributed by atoms with van der Waals surface area (Å²) in [6, 6.07) is 0.451. The third-order valence-electron chi connectivity index (χ3n) is 4.26. The van der Waals surface area contributed by atoms with E-state index >= 15 is 0 Å². The van der Waals surface area contributed by atoms with Crippen LogP contribution in [0.15, 0.2) is 6.20 Å². The average molecular weight is 293 g/mol. The number of carbonyl (C=O) groups excluding carboxylic acids is 1. The first-order chi connectivity index (χ1) is 10.1. The zero-order valence-corrected chi connectivity index (χ0v) is 13.4. The number of hydrogen-bond acceptors (Lipinski definition) is 4. The lowest BCUT2D eigenvalue weighted by Crippen LogP contribution is -2.53. The van der Waals surface area contributed by atoms with Gasteiger partial charge in [-0.15, -0.1) is 0 Å². The summed E-state index contributed by atoms with van der Waals surface area (Å²) in [5.74, 6) is 0.0973. The molecule has 1 aromatic rings. The molecule has 6 heteroatoms.